The van der Waals surface area contributed by atoms with E-state index in [0.717, 1.165) is 21.6 Å². The van der Waals surface area contributed by atoms with E-state index in [1.165, 1.54) is 24.5 Å². The first-order chi connectivity index (χ1) is 16.3. The Morgan fingerprint density at radius 3 is 2.00 bits per heavy atom. The number of ether oxygens (including phenoxy) is 1. The lowest BCUT2D eigenvalue weighted by molar-refractivity contribution is -0.140. The van der Waals surface area contributed by atoms with Gasteiger partial charge in [-0.2, -0.15) is 0 Å². The van der Waals surface area contributed by atoms with Crippen LogP contribution in [0.1, 0.15) is 36.7 Å². The summed E-state index contributed by atoms with van der Waals surface area (Å²) in [5, 5.41) is 11.2. The number of anilines is 1. The van der Waals surface area contributed by atoms with Crippen LogP contribution in [0.4, 0.5) is 10.5 Å². The van der Waals surface area contributed by atoms with Crippen molar-refractivity contribution in [2.24, 2.45) is 0 Å². The summed E-state index contributed by atoms with van der Waals surface area (Å²) in [4.78, 5) is 51.6. The molecule has 0 saturated heterocycles. The Morgan fingerprint density at radius 2 is 1.51 bits per heavy atom. The van der Waals surface area contributed by atoms with Gasteiger partial charge in [0.05, 0.1) is 0 Å². The highest BCUT2D eigenvalue weighted by Gasteiger charge is 2.33. The SMILES string of the molecule is CNC(=O)C(C(=O)NO)N(C)C(=O)c1ccc(-c2ccc(N(C)C(=O)OC(C)(C)C)c(C)c2)cc1. The molecule has 0 spiro atoms. The molecule has 0 aromatic heterocycles. The highest BCUT2D eigenvalue weighted by Crippen LogP contribution is 2.28. The Labute approximate surface area is 204 Å². The van der Waals surface area contributed by atoms with Crippen LogP contribution in [0.15, 0.2) is 42.5 Å². The van der Waals surface area contributed by atoms with Gasteiger partial charge in [-0.25, -0.2) is 10.3 Å². The average Bonchev–Trinajstić information content (AvgIpc) is 2.81. The first-order valence-electron chi connectivity index (χ1n) is 10.9. The van der Waals surface area contributed by atoms with Gasteiger partial charge in [0.2, 0.25) is 0 Å². The van der Waals surface area contributed by atoms with Gasteiger partial charge in [0, 0.05) is 32.4 Å². The standard InChI is InChI=1S/C25H32N4O6/c1-15-14-18(12-13-19(15)28(6)24(33)35-25(2,3)4)16-8-10-17(11-9-16)23(32)29(7)20(21(30)26-5)22(31)27-34/h8-14,20,34H,1-7H3,(H,26,30)(H,27,31). The second-order valence-corrected chi connectivity index (χ2v) is 9.03. The van der Waals surface area contributed by atoms with Crippen LogP contribution in [0, 0.1) is 6.92 Å². The molecule has 3 N–H and O–H groups in total. The van der Waals surface area contributed by atoms with Crippen molar-refractivity contribution in [3.05, 3.63) is 53.6 Å². The summed E-state index contributed by atoms with van der Waals surface area (Å²) in [6.07, 6.45) is -0.453. The molecular weight excluding hydrogens is 452 g/mol. The molecule has 4 amide bonds. The lowest BCUT2D eigenvalue weighted by Gasteiger charge is -2.26. The number of benzene rings is 2. The lowest BCUT2D eigenvalue weighted by Crippen LogP contribution is -2.54. The van der Waals surface area contributed by atoms with Crippen LogP contribution in [0.5, 0.6) is 0 Å². The third-order valence-electron chi connectivity index (χ3n) is 5.25. The number of carbonyl (C=O) groups is 4. The van der Waals surface area contributed by atoms with E-state index < -0.39 is 35.5 Å². The number of hydroxylamine groups is 1. The average molecular weight is 485 g/mol. The minimum absolute atomic E-state index is 0.258. The molecule has 0 aliphatic carbocycles. The maximum absolute atomic E-state index is 12.8. The number of nitrogens with one attached hydrogen (secondary N) is 2. The van der Waals surface area contributed by atoms with Crippen molar-refractivity contribution in [1.82, 2.24) is 15.7 Å². The Balaban J connectivity index is 2.24. The lowest BCUT2D eigenvalue weighted by atomic mass is 10.0. The highest BCUT2D eigenvalue weighted by molar-refractivity contribution is 6.08. The van der Waals surface area contributed by atoms with Crippen molar-refractivity contribution in [1.29, 1.82) is 0 Å². The zero-order valence-corrected chi connectivity index (χ0v) is 21.0. The topological polar surface area (TPSA) is 128 Å². The highest BCUT2D eigenvalue weighted by atomic mass is 16.6. The van der Waals surface area contributed by atoms with E-state index in [0.29, 0.717) is 5.69 Å². The molecule has 0 radical (unpaired) electrons. The molecule has 1 atom stereocenters. The minimum Gasteiger partial charge on any atom is -0.443 e. The summed E-state index contributed by atoms with van der Waals surface area (Å²) in [6.45, 7) is 7.31. The first kappa shape index (κ1) is 27.3. The fourth-order valence-corrected chi connectivity index (χ4v) is 3.43. The minimum atomic E-state index is -1.53. The third kappa shape index (κ3) is 6.57. The molecule has 2 rings (SSSR count). The van der Waals surface area contributed by atoms with Gasteiger partial charge in [0.25, 0.3) is 17.7 Å². The largest absolute Gasteiger partial charge is 0.443 e. The summed E-state index contributed by atoms with van der Waals surface area (Å²) >= 11 is 0. The second-order valence-electron chi connectivity index (χ2n) is 9.03. The molecule has 2 aromatic carbocycles. The molecule has 0 heterocycles. The molecule has 0 saturated carbocycles. The van der Waals surface area contributed by atoms with Gasteiger partial charge in [-0.3, -0.25) is 24.5 Å². The first-order valence-corrected chi connectivity index (χ1v) is 10.9. The number of aryl methyl sites for hydroxylation is 1. The van der Waals surface area contributed by atoms with Crippen molar-refractivity contribution in [2.45, 2.75) is 39.3 Å². The van der Waals surface area contributed by atoms with Gasteiger partial charge in [-0.15, -0.1) is 0 Å². The predicted molar refractivity (Wildman–Crippen MR) is 131 cm³/mol. The van der Waals surface area contributed by atoms with Crippen LogP contribution in [-0.4, -0.2) is 66.7 Å². The number of amides is 4. The fraction of sp³-hybridized carbons (Fsp3) is 0.360. The number of hydrogen-bond donors (Lipinski definition) is 3. The molecule has 10 heteroatoms. The zero-order chi connectivity index (χ0) is 26.5. The molecule has 0 fully saturated rings. The number of rotatable bonds is 6. The zero-order valence-electron chi connectivity index (χ0n) is 21.0. The van der Waals surface area contributed by atoms with Crippen molar-refractivity contribution in [3.8, 4) is 11.1 Å². The maximum Gasteiger partial charge on any atom is 0.414 e. The van der Waals surface area contributed by atoms with E-state index in [2.05, 4.69) is 5.32 Å². The summed E-state index contributed by atoms with van der Waals surface area (Å²) < 4.78 is 5.43. The summed E-state index contributed by atoms with van der Waals surface area (Å²) in [5.41, 5.74) is 4.33. The van der Waals surface area contributed by atoms with Crippen molar-refractivity contribution < 1.29 is 29.1 Å². The van der Waals surface area contributed by atoms with Gasteiger partial charge in [0.15, 0.2) is 6.04 Å². The normalized spacial score (nSPS) is 11.8. The number of nitrogens with zero attached hydrogens (tertiary/aromatic N) is 2. The van der Waals surface area contributed by atoms with E-state index in [-0.39, 0.29) is 5.56 Å². The molecule has 35 heavy (non-hydrogen) atoms. The Bertz CT molecular complexity index is 1090. The van der Waals surface area contributed by atoms with E-state index in [9.17, 15) is 19.2 Å². The Kier molecular flexibility index (Phi) is 8.59. The van der Waals surface area contributed by atoms with Crippen molar-refractivity contribution in [3.63, 3.8) is 0 Å². The third-order valence-corrected chi connectivity index (χ3v) is 5.25. The van der Waals surface area contributed by atoms with Crippen LogP contribution in [0.2, 0.25) is 0 Å². The fourth-order valence-electron chi connectivity index (χ4n) is 3.43. The Morgan fingerprint density at radius 1 is 0.943 bits per heavy atom. The molecular formula is C25H32N4O6. The molecule has 0 aliphatic heterocycles. The van der Waals surface area contributed by atoms with Crippen LogP contribution in [0.3, 0.4) is 0 Å². The molecule has 1 unspecified atom stereocenters. The number of hydrogen-bond acceptors (Lipinski definition) is 6. The molecule has 0 bridgehead atoms. The van der Waals surface area contributed by atoms with Gasteiger partial charge in [-0.1, -0.05) is 18.2 Å². The van der Waals surface area contributed by atoms with Gasteiger partial charge in [-0.05, 0) is 68.7 Å². The second kappa shape index (κ2) is 11.0. The summed E-state index contributed by atoms with van der Waals surface area (Å²) in [5.74, 6) is -2.33. The summed E-state index contributed by atoms with van der Waals surface area (Å²) in [6, 6.07) is 10.7. The number of likely N-dealkylation sites (N-methyl/N-ethyl adjacent to an activating group) is 2. The summed E-state index contributed by atoms with van der Waals surface area (Å²) in [7, 11) is 4.27. The van der Waals surface area contributed by atoms with Crippen LogP contribution in [0.25, 0.3) is 11.1 Å². The van der Waals surface area contributed by atoms with Crippen LogP contribution in [-0.2, 0) is 14.3 Å². The molecule has 2 aromatic rings. The smallest absolute Gasteiger partial charge is 0.414 e. The van der Waals surface area contributed by atoms with Crippen molar-refractivity contribution >= 4 is 29.5 Å². The van der Waals surface area contributed by atoms with Gasteiger partial charge >= 0.3 is 6.09 Å². The van der Waals surface area contributed by atoms with Crippen molar-refractivity contribution in [2.75, 3.05) is 26.0 Å². The molecule has 10 nitrogen and oxygen atoms in total. The van der Waals surface area contributed by atoms with Crippen LogP contribution < -0.4 is 15.7 Å². The monoisotopic (exact) mass is 484 g/mol. The van der Waals surface area contributed by atoms with E-state index in [1.54, 1.807) is 52.1 Å². The maximum atomic E-state index is 12.8. The molecule has 0 aliphatic rings. The van der Waals surface area contributed by atoms with Gasteiger partial charge in [0.1, 0.15) is 5.60 Å². The van der Waals surface area contributed by atoms with Crippen LogP contribution >= 0.6 is 0 Å². The van der Waals surface area contributed by atoms with Gasteiger partial charge < -0.3 is 15.0 Å². The Hall–Kier alpha value is -3.92. The quantitative estimate of drug-likeness (QED) is 0.329. The van der Waals surface area contributed by atoms with E-state index >= 15 is 0 Å². The molecule has 188 valence electrons. The number of carbonyl (C=O) groups excluding carboxylic acids is 4. The van der Waals surface area contributed by atoms with E-state index in [4.69, 9.17) is 9.94 Å². The van der Waals surface area contributed by atoms with E-state index in [1.807, 2.05) is 25.1 Å². The predicted octanol–water partition coefficient (Wildman–Crippen LogP) is 2.73.